The average Bonchev–Trinajstić information content (AvgIpc) is 2.20. The van der Waals surface area contributed by atoms with Gasteiger partial charge in [-0.15, -0.1) is 11.6 Å². The molecule has 0 aromatic heterocycles. The van der Waals surface area contributed by atoms with E-state index in [0.717, 1.165) is 8.04 Å². The maximum Gasteiger partial charge on any atom is 0.177 e. The third kappa shape index (κ3) is 2.61. The van der Waals surface area contributed by atoms with Crippen molar-refractivity contribution in [3.63, 3.8) is 0 Å². The molecule has 0 spiro atoms. The molecular weight excluding hydrogens is 382 g/mol. The average molecular weight is 389 g/mol. The zero-order valence-electron chi connectivity index (χ0n) is 7.31. The van der Waals surface area contributed by atoms with Crippen molar-refractivity contribution in [3.8, 4) is 5.75 Å². The molecule has 0 bridgehead atoms. The second-order valence-corrected chi connectivity index (χ2v) is 4.73. The molecule has 14 heavy (non-hydrogen) atoms. The summed E-state index contributed by atoms with van der Waals surface area (Å²) in [4.78, 5) is 11.3. The molecule has 0 aliphatic heterocycles. The number of hydrogen-bond acceptors (Lipinski definition) is 2. The van der Waals surface area contributed by atoms with E-state index in [4.69, 9.17) is 16.3 Å². The molecule has 0 unspecified atom stereocenters. The van der Waals surface area contributed by atoms with Crippen molar-refractivity contribution in [1.82, 2.24) is 0 Å². The third-order valence-electron chi connectivity index (χ3n) is 1.66. The molecule has 0 N–H and O–H groups in total. The molecule has 0 heterocycles. The summed E-state index contributed by atoms with van der Waals surface area (Å²) in [6.07, 6.45) is 0. The molecule has 1 rings (SSSR count). The van der Waals surface area contributed by atoms with Crippen LogP contribution in [0.4, 0.5) is 0 Å². The van der Waals surface area contributed by atoms with Gasteiger partial charge in [-0.3, -0.25) is 4.79 Å². The lowest BCUT2D eigenvalue weighted by atomic mass is 10.1. The second-order valence-electron chi connectivity index (χ2n) is 2.53. The normalized spacial score (nSPS) is 10.0. The molecule has 0 atom stereocenters. The minimum absolute atomic E-state index is 0.0177. The summed E-state index contributed by atoms with van der Waals surface area (Å²) < 4.78 is 6.91. The number of Topliss-reactive ketones (excluding diaryl/α,β-unsaturated/α-hetero) is 1. The first-order valence-corrected chi connectivity index (χ1v) is 6.13. The van der Waals surface area contributed by atoms with Crippen LogP contribution in [0.15, 0.2) is 16.6 Å². The fraction of sp³-hybridized carbons (Fsp3) is 0.222. The van der Waals surface area contributed by atoms with Gasteiger partial charge in [0.05, 0.1) is 16.6 Å². The van der Waals surface area contributed by atoms with Crippen molar-refractivity contribution in [2.24, 2.45) is 0 Å². The molecule has 0 aliphatic carbocycles. The lowest BCUT2D eigenvalue weighted by Gasteiger charge is -2.07. The smallest absolute Gasteiger partial charge is 0.177 e. The highest BCUT2D eigenvalue weighted by Crippen LogP contribution is 2.30. The van der Waals surface area contributed by atoms with E-state index in [1.165, 1.54) is 0 Å². The van der Waals surface area contributed by atoms with E-state index in [9.17, 15) is 4.79 Å². The van der Waals surface area contributed by atoms with Gasteiger partial charge in [0, 0.05) is 10.0 Å². The highest BCUT2D eigenvalue weighted by Gasteiger charge is 2.11. The van der Waals surface area contributed by atoms with E-state index in [2.05, 4.69) is 38.5 Å². The van der Waals surface area contributed by atoms with Gasteiger partial charge in [0.25, 0.3) is 0 Å². The van der Waals surface area contributed by atoms with Gasteiger partial charge in [-0.2, -0.15) is 0 Å². The minimum Gasteiger partial charge on any atom is -0.496 e. The zero-order chi connectivity index (χ0) is 10.7. The number of carbonyl (C=O) groups excluding carboxylic acids is 1. The van der Waals surface area contributed by atoms with Gasteiger partial charge in [-0.1, -0.05) is 0 Å². The number of alkyl halides is 1. The molecule has 2 nitrogen and oxygen atoms in total. The monoisotopic (exact) mass is 388 g/mol. The van der Waals surface area contributed by atoms with Crippen LogP contribution in [-0.4, -0.2) is 18.8 Å². The molecule has 76 valence electrons. The van der Waals surface area contributed by atoms with E-state index in [0.29, 0.717) is 11.3 Å². The Hall–Kier alpha value is 0.190. The lowest BCUT2D eigenvalue weighted by Crippen LogP contribution is -2.01. The Morgan fingerprint density at radius 3 is 2.79 bits per heavy atom. The van der Waals surface area contributed by atoms with Crippen LogP contribution in [0, 0.1) is 3.57 Å². The topological polar surface area (TPSA) is 26.3 Å². The molecule has 0 saturated carbocycles. The SMILES string of the molecule is COc1cc(C(=O)CCl)cc(Br)c1I. The van der Waals surface area contributed by atoms with Gasteiger partial charge in [-0.25, -0.2) is 0 Å². The van der Waals surface area contributed by atoms with Gasteiger partial charge < -0.3 is 4.74 Å². The first-order chi connectivity index (χ1) is 6.60. The van der Waals surface area contributed by atoms with Crippen LogP contribution < -0.4 is 4.74 Å². The number of ether oxygens (including phenoxy) is 1. The number of rotatable bonds is 3. The number of benzene rings is 1. The molecule has 1 aromatic rings. The molecule has 0 amide bonds. The third-order valence-corrected chi connectivity index (χ3v) is 4.38. The van der Waals surface area contributed by atoms with Crippen LogP contribution in [0.5, 0.6) is 5.75 Å². The largest absolute Gasteiger partial charge is 0.496 e. The highest BCUT2D eigenvalue weighted by molar-refractivity contribution is 14.1. The number of carbonyl (C=O) groups is 1. The van der Waals surface area contributed by atoms with E-state index in [1.807, 2.05) is 0 Å². The van der Waals surface area contributed by atoms with Gasteiger partial charge in [0.1, 0.15) is 5.75 Å². The van der Waals surface area contributed by atoms with Crippen LogP contribution in [0.1, 0.15) is 10.4 Å². The summed E-state index contributed by atoms with van der Waals surface area (Å²) in [5, 5.41) is 0. The Bertz CT molecular complexity index is 368. The van der Waals surface area contributed by atoms with E-state index >= 15 is 0 Å². The lowest BCUT2D eigenvalue weighted by molar-refractivity contribution is 0.102. The van der Waals surface area contributed by atoms with Crippen molar-refractivity contribution in [1.29, 1.82) is 0 Å². The standard InChI is InChI=1S/C9H7BrClIO2/c1-14-8-3-5(7(13)4-11)2-6(10)9(8)12/h2-3H,4H2,1H3. The Morgan fingerprint density at radius 1 is 1.64 bits per heavy atom. The summed E-state index contributed by atoms with van der Waals surface area (Å²) in [7, 11) is 1.57. The first-order valence-electron chi connectivity index (χ1n) is 3.72. The second kappa shape index (κ2) is 5.32. The van der Waals surface area contributed by atoms with Crippen LogP contribution in [0.25, 0.3) is 0 Å². The Morgan fingerprint density at radius 2 is 2.29 bits per heavy atom. The summed E-state index contributed by atoms with van der Waals surface area (Å²) >= 11 is 11.0. The van der Waals surface area contributed by atoms with Crippen molar-refractivity contribution in [2.45, 2.75) is 0 Å². The summed E-state index contributed by atoms with van der Waals surface area (Å²) in [5.41, 5.74) is 0.559. The maximum absolute atomic E-state index is 11.3. The van der Waals surface area contributed by atoms with Crippen molar-refractivity contribution >= 4 is 55.9 Å². The van der Waals surface area contributed by atoms with E-state index < -0.39 is 0 Å². The van der Waals surface area contributed by atoms with Gasteiger partial charge in [0.15, 0.2) is 5.78 Å². The van der Waals surface area contributed by atoms with Crippen LogP contribution in [-0.2, 0) is 0 Å². The molecule has 0 radical (unpaired) electrons. The van der Waals surface area contributed by atoms with Crippen LogP contribution in [0.2, 0.25) is 0 Å². The van der Waals surface area contributed by atoms with E-state index in [1.54, 1.807) is 19.2 Å². The molecular formula is C9H7BrClIO2. The number of halogens is 3. The van der Waals surface area contributed by atoms with Gasteiger partial charge in [-0.05, 0) is 50.7 Å². The van der Waals surface area contributed by atoms with Gasteiger partial charge in [0.2, 0.25) is 0 Å². The van der Waals surface area contributed by atoms with Gasteiger partial charge >= 0.3 is 0 Å². The minimum atomic E-state index is -0.109. The Kier molecular flexibility index (Phi) is 4.66. The van der Waals surface area contributed by atoms with Crippen molar-refractivity contribution in [3.05, 3.63) is 25.7 Å². The predicted molar refractivity (Wildman–Crippen MR) is 68.5 cm³/mol. The summed E-state index contributed by atoms with van der Waals surface area (Å²) in [5.74, 6) is 0.548. The number of hydrogen-bond donors (Lipinski definition) is 0. The molecule has 0 fully saturated rings. The van der Waals surface area contributed by atoms with Crippen molar-refractivity contribution < 1.29 is 9.53 Å². The summed E-state index contributed by atoms with van der Waals surface area (Å²) in [6, 6.07) is 3.44. The molecule has 0 aliphatic rings. The molecule has 0 saturated heterocycles. The summed E-state index contributed by atoms with van der Waals surface area (Å²) in [6.45, 7) is 0. The van der Waals surface area contributed by atoms with Crippen LogP contribution in [0.3, 0.4) is 0 Å². The zero-order valence-corrected chi connectivity index (χ0v) is 11.8. The first kappa shape index (κ1) is 12.3. The fourth-order valence-electron chi connectivity index (χ4n) is 0.951. The number of ketones is 1. The quantitative estimate of drug-likeness (QED) is 0.450. The molecule has 1 aromatic carbocycles. The fourth-order valence-corrected chi connectivity index (χ4v) is 2.08. The predicted octanol–water partition coefficient (Wildman–Crippen LogP) is 3.48. The van der Waals surface area contributed by atoms with Crippen molar-refractivity contribution in [2.75, 3.05) is 13.0 Å². The Labute approximate surface area is 109 Å². The van der Waals surface area contributed by atoms with Crippen LogP contribution >= 0.6 is 50.1 Å². The Balaban J connectivity index is 3.22. The molecule has 5 heteroatoms. The highest BCUT2D eigenvalue weighted by atomic mass is 127. The maximum atomic E-state index is 11.3. The number of methoxy groups -OCH3 is 1. The van der Waals surface area contributed by atoms with E-state index in [-0.39, 0.29) is 11.7 Å².